The van der Waals surface area contributed by atoms with Gasteiger partial charge in [-0.05, 0) is 50.6 Å². The Bertz CT molecular complexity index is 152. The summed E-state index contributed by atoms with van der Waals surface area (Å²) >= 11 is 0. The summed E-state index contributed by atoms with van der Waals surface area (Å²) in [5.41, 5.74) is 6.28. The minimum Gasteiger partial charge on any atom is -0.328 e. The highest BCUT2D eigenvalue weighted by Crippen LogP contribution is 2.50. The lowest BCUT2D eigenvalue weighted by Crippen LogP contribution is -2.22. The van der Waals surface area contributed by atoms with Gasteiger partial charge in [0.15, 0.2) is 0 Å². The normalized spacial score (nSPS) is 27.2. The predicted octanol–water partition coefficient (Wildman–Crippen LogP) is 1.75. The van der Waals surface area contributed by atoms with Crippen LogP contribution in [-0.2, 0) is 0 Å². The van der Waals surface area contributed by atoms with E-state index in [0.717, 1.165) is 18.9 Å². The summed E-state index contributed by atoms with van der Waals surface area (Å²) in [6.45, 7) is 9.10. The Morgan fingerprint density at radius 1 is 1.54 bits per heavy atom. The topological polar surface area (TPSA) is 38.0 Å². The van der Waals surface area contributed by atoms with E-state index in [2.05, 4.69) is 26.1 Å². The lowest BCUT2D eigenvalue weighted by molar-refractivity contribution is 0.504. The number of hydrogen-bond acceptors (Lipinski definition) is 2. The van der Waals surface area contributed by atoms with E-state index >= 15 is 0 Å². The predicted molar refractivity (Wildman–Crippen MR) is 57.6 cm³/mol. The summed E-state index contributed by atoms with van der Waals surface area (Å²) in [6.07, 6.45) is 3.75. The maximum atomic E-state index is 5.66. The van der Waals surface area contributed by atoms with Gasteiger partial charge in [-0.3, -0.25) is 0 Å². The van der Waals surface area contributed by atoms with E-state index in [4.69, 9.17) is 5.73 Å². The monoisotopic (exact) mass is 184 g/mol. The summed E-state index contributed by atoms with van der Waals surface area (Å²) in [5, 5.41) is 3.50. The zero-order chi connectivity index (χ0) is 9.90. The van der Waals surface area contributed by atoms with Crippen LogP contribution in [0.2, 0.25) is 0 Å². The van der Waals surface area contributed by atoms with Crippen molar-refractivity contribution in [3.05, 3.63) is 0 Å². The Hall–Kier alpha value is -0.0800. The lowest BCUT2D eigenvalue weighted by Gasteiger charge is -2.07. The van der Waals surface area contributed by atoms with Crippen LogP contribution in [0.25, 0.3) is 0 Å². The van der Waals surface area contributed by atoms with Crippen LogP contribution in [0, 0.1) is 11.3 Å². The fourth-order valence-electron chi connectivity index (χ4n) is 1.75. The molecule has 2 nitrogen and oxygen atoms in total. The first-order chi connectivity index (χ1) is 6.02. The van der Waals surface area contributed by atoms with Crippen LogP contribution in [0.3, 0.4) is 0 Å². The van der Waals surface area contributed by atoms with Gasteiger partial charge in [-0.15, -0.1) is 0 Å². The van der Waals surface area contributed by atoms with Gasteiger partial charge < -0.3 is 11.1 Å². The number of nitrogens with two attached hydrogens (primary N) is 1. The molecule has 1 rings (SSSR count). The largest absolute Gasteiger partial charge is 0.328 e. The molecular weight excluding hydrogens is 160 g/mol. The first kappa shape index (κ1) is 11.0. The molecule has 0 aliphatic heterocycles. The van der Waals surface area contributed by atoms with Crippen molar-refractivity contribution in [3.8, 4) is 0 Å². The maximum Gasteiger partial charge on any atom is 0.00109 e. The molecule has 78 valence electrons. The van der Waals surface area contributed by atoms with Gasteiger partial charge in [0, 0.05) is 6.04 Å². The molecule has 0 radical (unpaired) electrons. The number of nitrogens with one attached hydrogen (secondary N) is 1. The zero-order valence-corrected chi connectivity index (χ0v) is 9.27. The van der Waals surface area contributed by atoms with E-state index < -0.39 is 0 Å². The van der Waals surface area contributed by atoms with Gasteiger partial charge in [-0.2, -0.15) is 0 Å². The molecule has 2 atom stereocenters. The van der Waals surface area contributed by atoms with Crippen molar-refractivity contribution in [3.63, 3.8) is 0 Å². The zero-order valence-electron chi connectivity index (χ0n) is 9.27. The van der Waals surface area contributed by atoms with E-state index in [1.165, 1.54) is 19.4 Å². The Morgan fingerprint density at radius 2 is 2.15 bits per heavy atom. The van der Waals surface area contributed by atoms with Crippen LogP contribution in [0.4, 0.5) is 0 Å². The van der Waals surface area contributed by atoms with Crippen molar-refractivity contribution in [2.75, 3.05) is 13.1 Å². The van der Waals surface area contributed by atoms with Gasteiger partial charge in [-0.25, -0.2) is 0 Å². The van der Waals surface area contributed by atoms with Crippen molar-refractivity contribution < 1.29 is 0 Å². The standard InChI is InChI=1S/C11H24N2/c1-9(12)5-4-6-13-8-10-7-11(10,2)3/h9-10,13H,4-8,12H2,1-3H3. The second-order valence-corrected chi connectivity index (χ2v) is 5.21. The molecule has 0 heterocycles. The Kier molecular flexibility index (Phi) is 3.74. The smallest absolute Gasteiger partial charge is 0.00109 e. The van der Waals surface area contributed by atoms with Crippen molar-refractivity contribution in [1.29, 1.82) is 0 Å². The molecule has 13 heavy (non-hydrogen) atoms. The van der Waals surface area contributed by atoms with Gasteiger partial charge >= 0.3 is 0 Å². The fourth-order valence-corrected chi connectivity index (χ4v) is 1.75. The first-order valence-electron chi connectivity index (χ1n) is 5.48. The molecule has 0 aromatic rings. The van der Waals surface area contributed by atoms with E-state index in [1.807, 2.05) is 0 Å². The van der Waals surface area contributed by atoms with Crippen LogP contribution < -0.4 is 11.1 Å². The molecule has 0 aromatic carbocycles. The second kappa shape index (κ2) is 4.43. The quantitative estimate of drug-likeness (QED) is 0.617. The molecule has 0 saturated heterocycles. The maximum absolute atomic E-state index is 5.66. The van der Waals surface area contributed by atoms with Gasteiger partial charge in [0.1, 0.15) is 0 Å². The average molecular weight is 184 g/mol. The van der Waals surface area contributed by atoms with E-state index in [0.29, 0.717) is 11.5 Å². The third-order valence-corrected chi connectivity index (χ3v) is 3.12. The van der Waals surface area contributed by atoms with E-state index in [9.17, 15) is 0 Å². The SMILES string of the molecule is CC(N)CCCNCC1CC1(C)C. The molecule has 1 saturated carbocycles. The molecule has 1 aliphatic carbocycles. The Labute approximate surface area is 82.3 Å². The molecule has 0 amide bonds. The Balaban J connectivity index is 1.86. The minimum atomic E-state index is 0.360. The summed E-state index contributed by atoms with van der Waals surface area (Å²) in [5.74, 6) is 0.919. The first-order valence-corrected chi connectivity index (χ1v) is 5.48. The van der Waals surface area contributed by atoms with Crippen molar-refractivity contribution >= 4 is 0 Å². The highest BCUT2D eigenvalue weighted by Gasteiger charge is 2.44. The molecule has 1 fully saturated rings. The van der Waals surface area contributed by atoms with E-state index in [1.54, 1.807) is 0 Å². The van der Waals surface area contributed by atoms with Gasteiger partial charge in [0.05, 0.1) is 0 Å². The molecule has 1 aliphatic rings. The average Bonchev–Trinajstić information content (AvgIpc) is 2.58. The molecule has 2 heteroatoms. The molecule has 0 spiro atoms. The van der Waals surface area contributed by atoms with Crippen molar-refractivity contribution in [2.24, 2.45) is 17.1 Å². The van der Waals surface area contributed by atoms with Crippen LogP contribution in [0.5, 0.6) is 0 Å². The van der Waals surface area contributed by atoms with Crippen molar-refractivity contribution in [1.82, 2.24) is 5.32 Å². The second-order valence-electron chi connectivity index (χ2n) is 5.21. The summed E-state index contributed by atoms with van der Waals surface area (Å²) in [4.78, 5) is 0. The van der Waals surface area contributed by atoms with Gasteiger partial charge in [0.25, 0.3) is 0 Å². The molecule has 2 unspecified atom stereocenters. The molecule has 0 bridgehead atoms. The summed E-state index contributed by atoms with van der Waals surface area (Å²) in [7, 11) is 0. The highest BCUT2D eigenvalue weighted by molar-refractivity contribution is 4.95. The summed E-state index contributed by atoms with van der Waals surface area (Å²) in [6, 6.07) is 0.360. The highest BCUT2D eigenvalue weighted by atomic mass is 14.9. The van der Waals surface area contributed by atoms with Crippen LogP contribution >= 0.6 is 0 Å². The molecular formula is C11H24N2. The van der Waals surface area contributed by atoms with Crippen LogP contribution in [-0.4, -0.2) is 19.1 Å². The van der Waals surface area contributed by atoms with Gasteiger partial charge in [0.2, 0.25) is 0 Å². The van der Waals surface area contributed by atoms with Crippen LogP contribution in [0.1, 0.15) is 40.0 Å². The van der Waals surface area contributed by atoms with Crippen LogP contribution in [0.15, 0.2) is 0 Å². The minimum absolute atomic E-state index is 0.360. The number of rotatable bonds is 6. The van der Waals surface area contributed by atoms with E-state index in [-0.39, 0.29) is 0 Å². The summed E-state index contributed by atoms with van der Waals surface area (Å²) < 4.78 is 0. The lowest BCUT2D eigenvalue weighted by atomic mass is 10.1. The third-order valence-electron chi connectivity index (χ3n) is 3.12. The fraction of sp³-hybridized carbons (Fsp3) is 1.00. The number of hydrogen-bond donors (Lipinski definition) is 2. The molecule has 0 aromatic heterocycles. The Morgan fingerprint density at radius 3 is 2.62 bits per heavy atom. The third kappa shape index (κ3) is 4.10. The van der Waals surface area contributed by atoms with Gasteiger partial charge in [-0.1, -0.05) is 13.8 Å². The molecule has 3 N–H and O–H groups in total. The van der Waals surface area contributed by atoms with Crippen molar-refractivity contribution in [2.45, 2.75) is 46.1 Å².